The predicted octanol–water partition coefficient (Wildman–Crippen LogP) is 3.01. The molecule has 0 bridgehead atoms. The first kappa shape index (κ1) is 22.2. The molecule has 0 spiro atoms. The van der Waals surface area contributed by atoms with Crippen molar-refractivity contribution in [3.63, 3.8) is 0 Å². The lowest BCUT2D eigenvalue weighted by Crippen LogP contribution is -2.36. The maximum Gasteiger partial charge on any atom is 0.330 e. The van der Waals surface area contributed by atoms with Crippen LogP contribution in [-0.2, 0) is 13.6 Å². The Kier molecular flexibility index (Phi) is 5.26. The van der Waals surface area contributed by atoms with Crippen LogP contribution in [0.3, 0.4) is 0 Å². The number of primary amides is 1. The molecular formula is C23H33N7O2. The molecule has 2 unspecified atom stereocenters. The summed E-state index contributed by atoms with van der Waals surface area (Å²) in [5.74, 6) is -0.202. The number of hydrogen-bond acceptors (Lipinski definition) is 5. The summed E-state index contributed by atoms with van der Waals surface area (Å²) >= 11 is 0. The third-order valence-corrected chi connectivity index (χ3v) is 6.69. The maximum atomic E-state index is 12.9. The molecule has 3 heterocycles. The first-order valence-corrected chi connectivity index (χ1v) is 11.1. The van der Waals surface area contributed by atoms with Gasteiger partial charge in [0.2, 0.25) is 5.82 Å². The summed E-state index contributed by atoms with van der Waals surface area (Å²) in [6, 6.07) is 4.03. The monoisotopic (exact) mass is 439 g/mol. The van der Waals surface area contributed by atoms with E-state index in [2.05, 4.69) is 44.7 Å². The Morgan fingerprint density at radius 2 is 2.00 bits per heavy atom. The lowest BCUT2D eigenvalue weighted by Gasteiger charge is -2.42. The van der Waals surface area contributed by atoms with Crippen molar-refractivity contribution in [1.29, 1.82) is 0 Å². The summed E-state index contributed by atoms with van der Waals surface area (Å²) in [4.78, 5) is 33.7. The van der Waals surface area contributed by atoms with E-state index in [-0.39, 0.29) is 34.3 Å². The number of nitrogens with zero attached hydrogens (tertiary/aromatic N) is 6. The molecule has 2 N–H and O–H groups in total. The molecule has 0 radical (unpaired) electrons. The minimum Gasteiger partial charge on any atom is -0.363 e. The zero-order valence-electron chi connectivity index (χ0n) is 19.8. The van der Waals surface area contributed by atoms with Gasteiger partial charge >= 0.3 is 5.69 Å². The molecule has 2 atom stereocenters. The fourth-order valence-electron chi connectivity index (χ4n) is 4.92. The minimum absolute atomic E-state index is 0.0190. The predicted molar refractivity (Wildman–Crippen MR) is 122 cm³/mol. The molecular weight excluding hydrogens is 406 g/mol. The van der Waals surface area contributed by atoms with Crippen LogP contribution in [0.25, 0.3) is 11.2 Å². The van der Waals surface area contributed by atoms with Gasteiger partial charge in [0.05, 0.1) is 11.6 Å². The highest BCUT2D eigenvalue weighted by atomic mass is 16.2. The molecule has 9 nitrogen and oxygen atoms in total. The van der Waals surface area contributed by atoms with Gasteiger partial charge in [0.1, 0.15) is 6.33 Å². The molecule has 1 aliphatic rings. The summed E-state index contributed by atoms with van der Waals surface area (Å²) in [6.45, 7) is 11.4. The van der Waals surface area contributed by atoms with Crippen molar-refractivity contribution >= 4 is 17.1 Å². The van der Waals surface area contributed by atoms with Gasteiger partial charge in [0, 0.05) is 25.2 Å². The van der Waals surface area contributed by atoms with Crippen LogP contribution in [0.4, 0.5) is 0 Å². The van der Waals surface area contributed by atoms with Gasteiger partial charge in [-0.15, -0.1) is 0 Å². The van der Waals surface area contributed by atoms with Crippen LogP contribution >= 0.6 is 0 Å². The van der Waals surface area contributed by atoms with Gasteiger partial charge in [-0.3, -0.25) is 13.9 Å². The van der Waals surface area contributed by atoms with Crippen molar-refractivity contribution in [2.24, 2.45) is 23.6 Å². The van der Waals surface area contributed by atoms with Gasteiger partial charge in [0.15, 0.2) is 5.65 Å². The van der Waals surface area contributed by atoms with Gasteiger partial charge in [0.25, 0.3) is 5.91 Å². The molecule has 0 aliphatic heterocycles. The number of pyridine rings is 1. The Hall–Kier alpha value is -2.97. The second-order valence-corrected chi connectivity index (χ2v) is 10.9. The van der Waals surface area contributed by atoms with E-state index in [1.807, 2.05) is 16.7 Å². The highest BCUT2D eigenvalue weighted by molar-refractivity contribution is 5.89. The molecule has 0 aromatic carbocycles. The van der Waals surface area contributed by atoms with E-state index in [0.29, 0.717) is 12.2 Å². The van der Waals surface area contributed by atoms with Crippen LogP contribution in [0.2, 0.25) is 0 Å². The van der Waals surface area contributed by atoms with E-state index in [1.54, 1.807) is 16.3 Å². The molecule has 1 aliphatic carbocycles. The maximum absolute atomic E-state index is 12.9. The van der Waals surface area contributed by atoms with Gasteiger partial charge in [-0.1, -0.05) is 34.6 Å². The van der Waals surface area contributed by atoms with Crippen molar-refractivity contribution in [1.82, 2.24) is 28.9 Å². The average molecular weight is 440 g/mol. The number of aryl methyl sites for hydroxylation is 1. The van der Waals surface area contributed by atoms with Gasteiger partial charge in [-0.25, -0.2) is 19.4 Å². The molecule has 1 amide bonds. The first-order valence-electron chi connectivity index (χ1n) is 11.1. The Balaban J connectivity index is 1.71. The molecule has 1 saturated carbocycles. The number of hydrogen-bond donors (Lipinski definition) is 1. The zero-order valence-corrected chi connectivity index (χ0v) is 19.8. The molecule has 3 aromatic rings. The van der Waals surface area contributed by atoms with Crippen molar-refractivity contribution < 1.29 is 4.79 Å². The van der Waals surface area contributed by atoms with Crippen LogP contribution in [-0.4, -0.2) is 34.8 Å². The fraction of sp³-hybridized carbons (Fsp3) is 0.609. The number of imidazole rings is 1. The van der Waals surface area contributed by atoms with Crippen LogP contribution in [0, 0.1) is 10.8 Å². The van der Waals surface area contributed by atoms with E-state index >= 15 is 0 Å². The zero-order chi connectivity index (χ0) is 23.4. The Morgan fingerprint density at radius 3 is 2.66 bits per heavy atom. The summed E-state index contributed by atoms with van der Waals surface area (Å²) in [6.07, 6.45) is 4.08. The quantitative estimate of drug-likeness (QED) is 0.671. The number of amides is 1. The van der Waals surface area contributed by atoms with E-state index in [9.17, 15) is 9.59 Å². The molecule has 4 rings (SSSR count). The lowest BCUT2D eigenvalue weighted by atomic mass is 9.68. The first-order chi connectivity index (χ1) is 14.9. The van der Waals surface area contributed by atoms with Crippen LogP contribution < -0.4 is 11.4 Å². The Bertz CT molecular complexity index is 1230. The van der Waals surface area contributed by atoms with Gasteiger partial charge < -0.3 is 5.73 Å². The van der Waals surface area contributed by atoms with Crippen LogP contribution in [0.5, 0.6) is 0 Å². The summed E-state index contributed by atoms with van der Waals surface area (Å²) in [5, 5.41) is 4.33. The summed E-state index contributed by atoms with van der Waals surface area (Å²) in [5.41, 5.74) is 7.92. The van der Waals surface area contributed by atoms with Gasteiger partial charge in [-0.2, -0.15) is 5.10 Å². The molecule has 1 fully saturated rings. The molecule has 3 aromatic heterocycles. The van der Waals surface area contributed by atoms with Crippen molar-refractivity contribution in [3.05, 3.63) is 40.5 Å². The standard InChI is InChI=1S/C23H33N7O2/c1-22(2,3)12-29-16-8-7-15(27-19(16)28(6)21(29)32)14-9-10-23(4,5)17(11-14)30-20(18(24)31)25-13-26-30/h7-8,13-14,17H,9-12H2,1-6H3,(H2,24,31). The van der Waals surface area contributed by atoms with Crippen LogP contribution in [0.1, 0.15) is 82.2 Å². The highest BCUT2D eigenvalue weighted by Crippen LogP contribution is 2.49. The van der Waals surface area contributed by atoms with E-state index in [4.69, 9.17) is 10.7 Å². The fourth-order valence-corrected chi connectivity index (χ4v) is 4.92. The molecule has 9 heteroatoms. The average Bonchev–Trinajstić information content (AvgIpc) is 3.27. The number of aromatic nitrogens is 6. The second-order valence-electron chi connectivity index (χ2n) is 10.9. The van der Waals surface area contributed by atoms with Crippen molar-refractivity contribution in [3.8, 4) is 0 Å². The van der Waals surface area contributed by atoms with Gasteiger partial charge in [-0.05, 0) is 42.2 Å². The third-order valence-electron chi connectivity index (χ3n) is 6.69. The Labute approximate surface area is 187 Å². The second kappa shape index (κ2) is 7.56. The topological polar surface area (TPSA) is 114 Å². The van der Waals surface area contributed by atoms with Crippen LogP contribution in [0.15, 0.2) is 23.3 Å². The van der Waals surface area contributed by atoms with E-state index in [0.717, 1.165) is 30.5 Å². The molecule has 0 saturated heterocycles. The smallest absolute Gasteiger partial charge is 0.330 e. The van der Waals surface area contributed by atoms with E-state index in [1.165, 1.54) is 6.33 Å². The Morgan fingerprint density at radius 1 is 1.28 bits per heavy atom. The number of rotatable bonds is 4. The summed E-state index contributed by atoms with van der Waals surface area (Å²) in [7, 11) is 1.78. The summed E-state index contributed by atoms with van der Waals surface area (Å²) < 4.78 is 5.13. The number of nitrogens with two attached hydrogens (primary N) is 1. The minimum atomic E-state index is -0.574. The molecule has 32 heavy (non-hydrogen) atoms. The van der Waals surface area contributed by atoms with Crippen molar-refractivity contribution in [2.75, 3.05) is 0 Å². The highest BCUT2D eigenvalue weighted by Gasteiger charge is 2.40. The SMILES string of the molecule is Cn1c(=O)n(CC(C)(C)C)c2ccc(C3CCC(C)(C)C(n4ncnc4C(N)=O)C3)nc21. The third kappa shape index (κ3) is 3.84. The normalized spacial score (nSPS) is 21.2. The van der Waals surface area contributed by atoms with E-state index < -0.39 is 5.91 Å². The number of carbonyl (C=O) groups is 1. The van der Waals surface area contributed by atoms with Crippen molar-refractivity contribution in [2.45, 2.75) is 72.4 Å². The largest absolute Gasteiger partial charge is 0.363 e. The lowest BCUT2D eigenvalue weighted by molar-refractivity contribution is 0.0927. The molecule has 172 valence electrons. The number of fused-ring (bicyclic) bond motifs is 1. The number of carbonyl (C=O) groups excluding carboxylic acids is 1.